The van der Waals surface area contributed by atoms with Crippen molar-refractivity contribution in [3.63, 3.8) is 0 Å². The number of nitrogens with zero attached hydrogens (tertiary/aromatic N) is 3. The molecule has 0 saturated carbocycles. The van der Waals surface area contributed by atoms with Crippen LogP contribution in [0.2, 0.25) is 0 Å². The summed E-state index contributed by atoms with van der Waals surface area (Å²) >= 11 is 0. The van der Waals surface area contributed by atoms with E-state index in [0.29, 0.717) is 24.6 Å². The average molecular weight is 336 g/mol. The van der Waals surface area contributed by atoms with Gasteiger partial charge in [0.25, 0.3) is 5.91 Å². The number of hydrogen-bond donors (Lipinski definition) is 1. The van der Waals surface area contributed by atoms with E-state index in [9.17, 15) is 9.18 Å². The monoisotopic (exact) mass is 336 g/mol. The minimum Gasteiger partial charge on any atom is -0.360 e. The Morgan fingerprint density at radius 3 is 2.96 bits per heavy atom. The predicted molar refractivity (Wildman–Crippen MR) is 93.5 cm³/mol. The smallest absolute Gasteiger partial charge is 0.272 e. The Morgan fingerprint density at radius 2 is 2.20 bits per heavy atom. The predicted octanol–water partition coefficient (Wildman–Crippen LogP) is 3.33. The summed E-state index contributed by atoms with van der Waals surface area (Å²) in [5, 5.41) is 0.999. The van der Waals surface area contributed by atoms with Crippen molar-refractivity contribution in [2.75, 3.05) is 13.1 Å². The van der Waals surface area contributed by atoms with Crippen LogP contribution < -0.4 is 0 Å². The summed E-state index contributed by atoms with van der Waals surface area (Å²) in [6.07, 6.45) is 6.31. The largest absolute Gasteiger partial charge is 0.360 e. The van der Waals surface area contributed by atoms with Gasteiger partial charge >= 0.3 is 0 Å². The number of aromatic nitrogens is 3. The van der Waals surface area contributed by atoms with Gasteiger partial charge in [-0.15, -0.1) is 0 Å². The highest BCUT2D eigenvalue weighted by Crippen LogP contribution is 2.29. The van der Waals surface area contributed by atoms with Gasteiger partial charge in [-0.25, -0.2) is 14.4 Å². The molecule has 4 rings (SSSR count). The fourth-order valence-corrected chi connectivity index (χ4v) is 3.20. The van der Waals surface area contributed by atoms with Gasteiger partial charge in [0.1, 0.15) is 17.3 Å². The fourth-order valence-electron chi connectivity index (χ4n) is 3.20. The van der Waals surface area contributed by atoms with Gasteiger partial charge in [0.05, 0.1) is 0 Å². The van der Waals surface area contributed by atoms with E-state index in [4.69, 9.17) is 0 Å². The maximum absolute atomic E-state index is 13.3. The van der Waals surface area contributed by atoms with Gasteiger partial charge in [0.2, 0.25) is 0 Å². The summed E-state index contributed by atoms with van der Waals surface area (Å²) in [6.45, 7) is 2.93. The summed E-state index contributed by atoms with van der Waals surface area (Å²) in [6, 6.07) is 6.40. The molecule has 0 radical (unpaired) electrons. The molecule has 1 N–H and O–H groups in total. The van der Waals surface area contributed by atoms with Gasteiger partial charge < -0.3 is 9.88 Å². The number of aryl methyl sites for hydroxylation is 1. The third kappa shape index (κ3) is 2.91. The second-order valence-electron chi connectivity index (χ2n) is 6.11. The zero-order valence-electron chi connectivity index (χ0n) is 13.8. The van der Waals surface area contributed by atoms with E-state index in [1.807, 2.05) is 6.20 Å². The lowest BCUT2D eigenvalue weighted by atomic mass is 9.98. The van der Waals surface area contributed by atoms with Crippen LogP contribution in [-0.2, 0) is 0 Å². The first-order valence-electron chi connectivity index (χ1n) is 8.17. The molecule has 0 aliphatic carbocycles. The Kier molecular flexibility index (Phi) is 3.80. The zero-order chi connectivity index (χ0) is 17.4. The van der Waals surface area contributed by atoms with Crippen LogP contribution in [0.4, 0.5) is 4.39 Å². The number of halogens is 1. The number of nitrogens with one attached hydrogen (secondary N) is 1. The first-order valence-corrected chi connectivity index (χ1v) is 8.17. The molecule has 0 unspecified atom stereocenters. The number of carbonyl (C=O) groups is 1. The molecule has 25 heavy (non-hydrogen) atoms. The molecule has 0 atom stereocenters. The van der Waals surface area contributed by atoms with Crippen molar-refractivity contribution in [1.82, 2.24) is 19.9 Å². The normalized spacial score (nSPS) is 14.6. The fraction of sp³-hybridized carbons (Fsp3) is 0.211. The Hall–Kier alpha value is -3.02. The molecule has 0 bridgehead atoms. The van der Waals surface area contributed by atoms with E-state index in [0.717, 1.165) is 22.9 Å². The Bertz CT molecular complexity index is 992. The third-order valence-corrected chi connectivity index (χ3v) is 4.48. The van der Waals surface area contributed by atoms with Gasteiger partial charge in [-0.2, -0.15) is 0 Å². The first kappa shape index (κ1) is 15.5. The summed E-state index contributed by atoms with van der Waals surface area (Å²) < 4.78 is 13.3. The molecule has 0 spiro atoms. The van der Waals surface area contributed by atoms with Crippen molar-refractivity contribution in [1.29, 1.82) is 0 Å². The maximum atomic E-state index is 13.3. The van der Waals surface area contributed by atoms with E-state index in [-0.39, 0.29) is 11.7 Å². The summed E-state index contributed by atoms with van der Waals surface area (Å²) in [5.41, 5.74) is 3.44. The Labute approximate surface area is 144 Å². The topological polar surface area (TPSA) is 61.9 Å². The molecular formula is C19H17FN4O. The number of fused-ring (bicyclic) bond motifs is 1. The van der Waals surface area contributed by atoms with Crippen LogP contribution >= 0.6 is 0 Å². The van der Waals surface area contributed by atoms with Gasteiger partial charge in [0, 0.05) is 41.9 Å². The SMILES string of the molecule is Cc1nccc(C(=O)N2CC=C(c3c[nH]c4cc(F)ccc34)CC2)n1. The van der Waals surface area contributed by atoms with Crippen molar-refractivity contribution in [3.05, 3.63) is 65.6 Å². The van der Waals surface area contributed by atoms with E-state index in [1.165, 1.54) is 17.7 Å². The van der Waals surface area contributed by atoms with Crippen molar-refractivity contribution in [3.8, 4) is 0 Å². The molecule has 0 fully saturated rings. The lowest BCUT2D eigenvalue weighted by molar-refractivity contribution is 0.0766. The molecule has 3 aromatic rings. The zero-order valence-corrected chi connectivity index (χ0v) is 13.8. The van der Waals surface area contributed by atoms with Gasteiger partial charge in [-0.1, -0.05) is 6.08 Å². The number of rotatable bonds is 2. The lowest BCUT2D eigenvalue weighted by Crippen LogP contribution is -2.35. The molecule has 126 valence electrons. The van der Waals surface area contributed by atoms with Gasteiger partial charge in [-0.05, 0) is 43.2 Å². The van der Waals surface area contributed by atoms with Crippen molar-refractivity contribution < 1.29 is 9.18 Å². The third-order valence-electron chi connectivity index (χ3n) is 4.48. The molecule has 1 aliphatic heterocycles. The molecular weight excluding hydrogens is 319 g/mol. The molecule has 0 saturated heterocycles. The highest BCUT2D eigenvalue weighted by atomic mass is 19.1. The minimum absolute atomic E-state index is 0.0817. The van der Waals surface area contributed by atoms with Gasteiger partial charge in [0.15, 0.2) is 0 Å². The molecule has 3 heterocycles. The number of aromatic amines is 1. The van der Waals surface area contributed by atoms with Gasteiger partial charge in [-0.3, -0.25) is 4.79 Å². The highest BCUT2D eigenvalue weighted by Gasteiger charge is 2.21. The van der Waals surface area contributed by atoms with E-state index in [1.54, 1.807) is 30.2 Å². The number of benzene rings is 1. The average Bonchev–Trinajstić information content (AvgIpc) is 3.04. The van der Waals surface area contributed by atoms with Crippen LogP contribution in [0.5, 0.6) is 0 Å². The molecule has 1 aliphatic rings. The second kappa shape index (κ2) is 6.12. The Balaban J connectivity index is 1.56. The van der Waals surface area contributed by atoms with E-state index < -0.39 is 0 Å². The van der Waals surface area contributed by atoms with Crippen molar-refractivity contribution >= 4 is 22.4 Å². The van der Waals surface area contributed by atoms with Crippen LogP contribution in [0.25, 0.3) is 16.5 Å². The number of amides is 1. The molecule has 1 aromatic carbocycles. The maximum Gasteiger partial charge on any atom is 0.272 e. The van der Waals surface area contributed by atoms with Crippen molar-refractivity contribution in [2.24, 2.45) is 0 Å². The number of hydrogen-bond acceptors (Lipinski definition) is 3. The van der Waals surface area contributed by atoms with E-state index in [2.05, 4.69) is 21.0 Å². The van der Waals surface area contributed by atoms with Crippen LogP contribution in [0.1, 0.15) is 28.3 Å². The van der Waals surface area contributed by atoms with Crippen LogP contribution in [0, 0.1) is 12.7 Å². The summed E-state index contributed by atoms with van der Waals surface area (Å²) in [4.78, 5) is 25.7. The van der Waals surface area contributed by atoms with Crippen LogP contribution in [0.3, 0.4) is 0 Å². The van der Waals surface area contributed by atoms with Crippen LogP contribution in [0.15, 0.2) is 42.7 Å². The summed E-state index contributed by atoms with van der Waals surface area (Å²) in [7, 11) is 0. The minimum atomic E-state index is -0.254. The molecule has 2 aromatic heterocycles. The molecule has 5 nitrogen and oxygen atoms in total. The Morgan fingerprint density at radius 1 is 1.32 bits per heavy atom. The number of carbonyl (C=O) groups excluding carboxylic acids is 1. The standard InChI is InChI=1S/C19H17FN4O/c1-12-21-7-4-17(23-12)19(25)24-8-5-13(6-9-24)16-11-22-18-10-14(20)2-3-15(16)18/h2-5,7,10-11,22H,6,8-9H2,1H3. The molecule has 1 amide bonds. The van der Waals surface area contributed by atoms with Crippen LogP contribution in [-0.4, -0.2) is 38.8 Å². The van der Waals surface area contributed by atoms with Crippen molar-refractivity contribution in [2.45, 2.75) is 13.3 Å². The molecule has 6 heteroatoms. The number of H-pyrrole nitrogens is 1. The summed E-state index contributed by atoms with van der Waals surface area (Å²) in [5.74, 6) is 0.252. The highest BCUT2D eigenvalue weighted by molar-refractivity contribution is 5.95. The first-order chi connectivity index (χ1) is 12.1. The van der Waals surface area contributed by atoms with E-state index >= 15 is 0 Å². The lowest BCUT2D eigenvalue weighted by Gasteiger charge is -2.26. The second-order valence-corrected chi connectivity index (χ2v) is 6.11. The quantitative estimate of drug-likeness (QED) is 0.781.